The van der Waals surface area contributed by atoms with Gasteiger partial charge in [0, 0.05) is 65.3 Å². The molecule has 1 aliphatic rings. The molecule has 9 nitrogen and oxygen atoms in total. The zero-order valence-corrected chi connectivity index (χ0v) is 15.9. The van der Waals surface area contributed by atoms with E-state index in [1.807, 2.05) is 20.0 Å². The predicted octanol–water partition coefficient (Wildman–Crippen LogP) is 0.530. The van der Waals surface area contributed by atoms with E-state index in [2.05, 4.69) is 47.0 Å². The monoisotopic (exact) mass is 360 g/mol. The summed E-state index contributed by atoms with van der Waals surface area (Å²) in [7, 11) is 1.84. The molecule has 1 saturated heterocycles. The molecule has 0 saturated carbocycles. The van der Waals surface area contributed by atoms with Gasteiger partial charge in [0.1, 0.15) is 17.9 Å². The first-order valence-corrected chi connectivity index (χ1v) is 9.16. The molecule has 1 N–H and O–H groups in total. The van der Waals surface area contributed by atoms with Gasteiger partial charge in [0.2, 0.25) is 0 Å². The van der Waals surface area contributed by atoms with Crippen LogP contribution < -0.4 is 5.32 Å². The number of nitrogens with one attached hydrogen (secondary N) is 1. The van der Waals surface area contributed by atoms with Crippen LogP contribution in [0.3, 0.4) is 0 Å². The summed E-state index contributed by atoms with van der Waals surface area (Å²) in [4.78, 5) is 9.13. The Hall–Kier alpha value is -2.42. The van der Waals surface area contributed by atoms with Crippen molar-refractivity contribution in [1.29, 1.82) is 0 Å². The highest BCUT2D eigenvalue weighted by Crippen LogP contribution is 2.09. The van der Waals surface area contributed by atoms with Gasteiger partial charge in [0.25, 0.3) is 0 Å². The largest absolute Gasteiger partial charge is 0.361 e. The van der Waals surface area contributed by atoms with Gasteiger partial charge in [-0.15, -0.1) is 10.2 Å². The Labute approximate surface area is 154 Å². The van der Waals surface area contributed by atoms with Crippen molar-refractivity contribution in [3.05, 3.63) is 29.7 Å². The molecule has 2 aromatic heterocycles. The van der Waals surface area contributed by atoms with Crippen molar-refractivity contribution in [2.75, 3.05) is 39.8 Å². The van der Waals surface area contributed by atoms with Crippen LogP contribution in [0.5, 0.6) is 0 Å². The molecular weight excluding hydrogens is 332 g/mol. The molecule has 0 aliphatic carbocycles. The smallest absolute Gasteiger partial charge is 0.193 e. The van der Waals surface area contributed by atoms with Crippen LogP contribution in [-0.2, 0) is 19.5 Å². The summed E-state index contributed by atoms with van der Waals surface area (Å²) in [6.45, 7) is 10.4. The molecule has 0 radical (unpaired) electrons. The van der Waals surface area contributed by atoms with Crippen molar-refractivity contribution in [3.63, 3.8) is 0 Å². The molecule has 0 atom stereocenters. The van der Waals surface area contributed by atoms with Crippen molar-refractivity contribution in [2.45, 2.75) is 33.4 Å². The molecule has 0 spiro atoms. The number of guanidine groups is 1. The van der Waals surface area contributed by atoms with Crippen molar-refractivity contribution in [2.24, 2.45) is 4.99 Å². The molecule has 0 unspecified atom stereocenters. The zero-order chi connectivity index (χ0) is 18.4. The Morgan fingerprint density at radius 2 is 2.12 bits per heavy atom. The summed E-state index contributed by atoms with van der Waals surface area (Å²) >= 11 is 0. The lowest BCUT2D eigenvalue weighted by molar-refractivity contribution is 0.169. The van der Waals surface area contributed by atoms with Gasteiger partial charge in [-0.05, 0) is 6.92 Å². The summed E-state index contributed by atoms with van der Waals surface area (Å²) in [5, 5.41) is 15.6. The Morgan fingerprint density at radius 3 is 2.77 bits per heavy atom. The molecule has 26 heavy (non-hydrogen) atoms. The molecule has 1 aliphatic heterocycles. The van der Waals surface area contributed by atoms with Crippen molar-refractivity contribution < 1.29 is 4.52 Å². The SMILES string of the molecule is CCc1nncn1CCNC(=NC)N1CCN(Cc2cc(C)on2)CC1. The number of rotatable bonds is 6. The highest BCUT2D eigenvalue weighted by atomic mass is 16.5. The summed E-state index contributed by atoms with van der Waals surface area (Å²) in [6.07, 6.45) is 2.68. The number of nitrogens with zero attached hydrogens (tertiary/aromatic N) is 7. The fourth-order valence-electron chi connectivity index (χ4n) is 3.20. The lowest BCUT2D eigenvalue weighted by Crippen LogP contribution is -2.52. The maximum atomic E-state index is 5.15. The molecule has 0 bridgehead atoms. The Bertz CT molecular complexity index is 714. The summed E-state index contributed by atoms with van der Waals surface area (Å²) < 4.78 is 7.23. The van der Waals surface area contributed by atoms with E-state index in [0.717, 1.165) is 75.5 Å². The van der Waals surface area contributed by atoms with Gasteiger partial charge in [-0.1, -0.05) is 12.1 Å². The van der Waals surface area contributed by atoms with Crippen molar-refractivity contribution in [3.8, 4) is 0 Å². The Morgan fingerprint density at radius 1 is 1.31 bits per heavy atom. The molecule has 9 heteroatoms. The average molecular weight is 360 g/mol. The van der Waals surface area contributed by atoms with Gasteiger partial charge in [0.05, 0.1) is 5.69 Å². The van der Waals surface area contributed by atoms with Crippen LogP contribution in [-0.4, -0.2) is 75.5 Å². The number of aryl methyl sites for hydroxylation is 2. The zero-order valence-electron chi connectivity index (χ0n) is 15.9. The van der Waals surface area contributed by atoms with E-state index in [-0.39, 0.29) is 0 Å². The first-order valence-electron chi connectivity index (χ1n) is 9.16. The molecule has 0 aromatic carbocycles. The van der Waals surface area contributed by atoms with E-state index in [1.54, 1.807) is 6.33 Å². The Balaban J connectivity index is 1.43. The third-order valence-electron chi connectivity index (χ3n) is 4.59. The fourth-order valence-corrected chi connectivity index (χ4v) is 3.20. The van der Waals surface area contributed by atoms with E-state index in [0.29, 0.717) is 0 Å². The standard InChI is InChI=1S/C17H28N8O/c1-4-16-21-20-13-25(16)6-5-19-17(18-3)24-9-7-23(8-10-24)12-15-11-14(2)26-22-15/h11,13H,4-10,12H2,1-3H3,(H,18,19). The minimum absolute atomic E-state index is 0.802. The quantitative estimate of drug-likeness (QED) is 0.594. The van der Waals surface area contributed by atoms with Gasteiger partial charge in [0.15, 0.2) is 5.96 Å². The number of hydrogen-bond donors (Lipinski definition) is 1. The topological polar surface area (TPSA) is 87.6 Å². The van der Waals surface area contributed by atoms with E-state index in [9.17, 15) is 0 Å². The van der Waals surface area contributed by atoms with Gasteiger partial charge < -0.3 is 19.3 Å². The van der Waals surface area contributed by atoms with E-state index in [1.165, 1.54) is 0 Å². The van der Waals surface area contributed by atoms with Gasteiger partial charge in [-0.2, -0.15) is 0 Å². The van der Waals surface area contributed by atoms with Crippen LogP contribution in [0, 0.1) is 6.92 Å². The second-order valence-electron chi connectivity index (χ2n) is 6.46. The van der Waals surface area contributed by atoms with Crippen LogP contribution in [0.25, 0.3) is 0 Å². The normalized spacial score (nSPS) is 16.3. The summed E-state index contributed by atoms with van der Waals surface area (Å²) in [5.41, 5.74) is 0.999. The van der Waals surface area contributed by atoms with Crippen molar-refractivity contribution >= 4 is 5.96 Å². The minimum Gasteiger partial charge on any atom is -0.361 e. The van der Waals surface area contributed by atoms with E-state index >= 15 is 0 Å². The third kappa shape index (κ3) is 4.60. The van der Waals surface area contributed by atoms with Crippen LogP contribution in [0.2, 0.25) is 0 Å². The molecule has 3 rings (SSSR count). The second kappa shape index (κ2) is 8.79. The van der Waals surface area contributed by atoms with Crippen LogP contribution >= 0.6 is 0 Å². The lowest BCUT2D eigenvalue weighted by atomic mass is 10.3. The molecule has 3 heterocycles. The molecule has 1 fully saturated rings. The maximum Gasteiger partial charge on any atom is 0.193 e. The number of hydrogen-bond acceptors (Lipinski definition) is 6. The summed E-state index contributed by atoms with van der Waals surface area (Å²) in [5.74, 6) is 2.83. The highest BCUT2D eigenvalue weighted by Gasteiger charge is 2.20. The molecule has 2 aromatic rings. The van der Waals surface area contributed by atoms with Crippen LogP contribution in [0.15, 0.2) is 21.9 Å². The van der Waals surface area contributed by atoms with Crippen molar-refractivity contribution in [1.82, 2.24) is 35.0 Å². The van der Waals surface area contributed by atoms with Gasteiger partial charge >= 0.3 is 0 Å². The van der Waals surface area contributed by atoms with E-state index in [4.69, 9.17) is 4.52 Å². The predicted molar refractivity (Wildman–Crippen MR) is 98.9 cm³/mol. The molecular formula is C17H28N8O. The summed E-state index contributed by atoms with van der Waals surface area (Å²) in [6, 6.07) is 2.00. The van der Waals surface area contributed by atoms with E-state index < -0.39 is 0 Å². The van der Waals surface area contributed by atoms with Crippen LogP contribution in [0.4, 0.5) is 0 Å². The fraction of sp³-hybridized carbons (Fsp3) is 0.647. The first-order chi connectivity index (χ1) is 12.7. The third-order valence-corrected chi connectivity index (χ3v) is 4.59. The second-order valence-corrected chi connectivity index (χ2v) is 6.46. The molecule has 0 amide bonds. The van der Waals surface area contributed by atoms with Crippen LogP contribution in [0.1, 0.15) is 24.2 Å². The highest BCUT2D eigenvalue weighted by molar-refractivity contribution is 5.79. The number of aromatic nitrogens is 4. The van der Waals surface area contributed by atoms with Gasteiger partial charge in [-0.3, -0.25) is 9.89 Å². The van der Waals surface area contributed by atoms with Gasteiger partial charge in [-0.25, -0.2) is 0 Å². The molecule has 142 valence electrons. The first kappa shape index (κ1) is 18.4. The lowest BCUT2D eigenvalue weighted by Gasteiger charge is -2.36. The number of piperazine rings is 1. The minimum atomic E-state index is 0.802. The maximum absolute atomic E-state index is 5.15. The number of aliphatic imine (C=N–C) groups is 1. The average Bonchev–Trinajstić information content (AvgIpc) is 3.28. The Kier molecular flexibility index (Phi) is 6.21.